The molecule has 0 fully saturated rings. The number of rotatable bonds is 5. The molecule has 0 radical (unpaired) electrons. The van der Waals surface area contributed by atoms with Crippen molar-refractivity contribution in [2.75, 3.05) is 5.32 Å². The first-order chi connectivity index (χ1) is 13.6. The van der Waals surface area contributed by atoms with Crippen LogP contribution in [0.5, 0.6) is 0 Å². The maximum absolute atomic E-state index is 11.3. The van der Waals surface area contributed by atoms with E-state index in [1.807, 2.05) is 24.3 Å². The van der Waals surface area contributed by atoms with Gasteiger partial charge in [0.25, 0.3) is 5.69 Å². The van der Waals surface area contributed by atoms with Crippen LogP contribution in [-0.4, -0.2) is 4.92 Å². The number of anilines is 1. The highest BCUT2D eigenvalue weighted by molar-refractivity contribution is 5.69. The van der Waals surface area contributed by atoms with E-state index >= 15 is 0 Å². The molecule has 0 amide bonds. The molecule has 1 aliphatic heterocycles. The summed E-state index contributed by atoms with van der Waals surface area (Å²) in [6.07, 6.45) is 1.19. The molecule has 2 heterocycles. The Morgan fingerprint density at radius 2 is 1.75 bits per heavy atom. The molecule has 0 spiro atoms. The quantitative estimate of drug-likeness (QED) is 0.434. The summed E-state index contributed by atoms with van der Waals surface area (Å²) in [7, 11) is 0. The highest BCUT2D eigenvalue weighted by Crippen LogP contribution is 2.46. The van der Waals surface area contributed by atoms with Crippen molar-refractivity contribution in [2.24, 2.45) is 0 Å². The lowest BCUT2D eigenvalue weighted by molar-refractivity contribution is -0.384. The molecule has 1 aromatic heterocycles. The van der Waals surface area contributed by atoms with Crippen LogP contribution in [0.15, 0.2) is 65.1 Å². The number of hydrogen-bond acceptors (Lipinski definition) is 5. The van der Waals surface area contributed by atoms with E-state index in [0.717, 1.165) is 24.1 Å². The molecule has 0 bridgehead atoms. The predicted molar refractivity (Wildman–Crippen MR) is 107 cm³/mol. The minimum Gasteiger partial charge on any atom is -0.456 e. The highest BCUT2D eigenvalue weighted by atomic mass is 16.6. The van der Waals surface area contributed by atoms with Gasteiger partial charge in [-0.3, -0.25) is 10.1 Å². The van der Waals surface area contributed by atoms with Crippen LogP contribution in [0.25, 0.3) is 11.3 Å². The van der Waals surface area contributed by atoms with E-state index in [0.29, 0.717) is 17.1 Å². The van der Waals surface area contributed by atoms with Crippen LogP contribution in [0.1, 0.15) is 44.2 Å². The molecule has 3 aromatic rings. The summed E-state index contributed by atoms with van der Waals surface area (Å²) in [6, 6.07) is 18.3. The molecule has 144 valence electrons. The summed E-state index contributed by atoms with van der Waals surface area (Å²) < 4.78 is 12.5. The third-order valence-electron chi connectivity index (χ3n) is 5.44. The number of fused-ring (bicyclic) bond motifs is 1. The van der Waals surface area contributed by atoms with Gasteiger partial charge in [-0.25, -0.2) is 0 Å². The Balaban J connectivity index is 1.72. The lowest BCUT2D eigenvalue weighted by Crippen LogP contribution is -2.37. The molecule has 1 aliphatic rings. The van der Waals surface area contributed by atoms with E-state index in [9.17, 15) is 10.1 Å². The van der Waals surface area contributed by atoms with E-state index in [-0.39, 0.29) is 5.69 Å². The Kier molecular flexibility index (Phi) is 4.65. The third kappa shape index (κ3) is 2.96. The standard InChI is InChI=1S/C22H22N2O4/c1-3-22(4-2)16-10-6-7-11-17(16)23-21(28-22)20-14-13-19(27-20)15-9-5-8-12-18(15)24(25)26/h5-14,21,23H,3-4H2,1-2H3. The fourth-order valence-electron chi connectivity index (χ4n) is 3.87. The Morgan fingerprint density at radius 1 is 1.04 bits per heavy atom. The van der Waals surface area contributed by atoms with Crippen LogP contribution in [0.3, 0.4) is 0 Å². The van der Waals surface area contributed by atoms with Gasteiger partial charge >= 0.3 is 0 Å². The molecule has 0 aliphatic carbocycles. The van der Waals surface area contributed by atoms with Crippen LogP contribution in [0.4, 0.5) is 11.4 Å². The average molecular weight is 378 g/mol. The van der Waals surface area contributed by atoms with Gasteiger partial charge in [-0.15, -0.1) is 0 Å². The molecule has 2 aromatic carbocycles. The van der Waals surface area contributed by atoms with E-state index < -0.39 is 16.8 Å². The van der Waals surface area contributed by atoms with Crippen LogP contribution in [0, 0.1) is 10.1 Å². The van der Waals surface area contributed by atoms with Gasteiger partial charge in [-0.2, -0.15) is 0 Å². The fourth-order valence-corrected chi connectivity index (χ4v) is 3.87. The van der Waals surface area contributed by atoms with Crippen molar-refractivity contribution in [1.29, 1.82) is 0 Å². The normalized spacial score (nSPS) is 17.6. The SMILES string of the molecule is CCC1(CC)OC(c2ccc(-c3ccccc3[N+](=O)[O-])o2)Nc2ccccc21. The lowest BCUT2D eigenvalue weighted by atomic mass is 9.85. The van der Waals surface area contributed by atoms with Gasteiger partial charge in [-0.1, -0.05) is 44.2 Å². The van der Waals surface area contributed by atoms with Gasteiger partial charge < -0.3 is 14.5 Å². The van der Waals surface area contributed by atoms with Crippen molar-refractivity contribution in [3.63, 3.8) is 0 Å². The molecule has 1 atom stereocenters. The summed E-state index contributed by atoms with van der Waals surface area (Å²) in [5.41, 5.74) is 2.22. The minimum atomic E-state index is -0.466. The summed E-state index contributed by atoms with van der Waals surface area (Å²) in [5.74, 6) is 1.04. The number of nitrogens with zero attached hydrogens (tertiary/aromatic N) is 1. The molecule has 1 unspecified atom stereocenters. The molecular formula is C22H22N2O4. The van der Waals surface area contributed by atoms with Crippen molar-refractivity contribution in [3.05, 3.63) is 82.1 Å². The number of nitrogens with one attached hydrogen (secondary N) is 1. The van der Waals surface area contributed by atoms with Crippen LogP contribution >= 0.6 is 0 Å². The number of nitro benzene ring substituents is 1. The zero-order chi connectivity index (χ0) is 19.7. The van der Waals surface area contributed by atoms with Crippen LogP contribution < -0.4 is 5.32 Å². The van der Waals surface area contributed by atoms with Crippen molar-refractivity contribution < 1.29 is 14.1 Å². The zero-order valence-corrected chi connectivity index (χ0v) is 15.8. The number of para-hydroxylation sites is 2. The third-order valence-corrected chi connectivity index (χ3v) is 5.44. The van der Waals surface area contributed by atoms with E-state index in [2.05, 4.69) is 25.2 Å². The topological polar surface area (TPSA) is 77.5 Å². The van der Waals surface area contributed by atoms with Gasteiger partial charge in [0.2, 0.25) is 0 Å². The summed E-state index contributed by atoms with van der Waals surface area (Å²) >= 11 is 0. The van der Waals surface area contributed by atoms with Crippen molar-refractivity contribution in [2.45, 2.75) is 38.5 Å². The molecule has 0 saturated heterocycles. The van der Waals surface area contributed by atoms with Gasteiger partial charge in [0.15, 0.2) is 12.0 Å². The number of hydrogen-bond donors (Lipinski definition) is 1. The molecule has 1 N–H and O–H groups in total. The first-order valence-electron chi connectivity index (χ1n) is 9.45. The van der Waals surface area contributed by atoms with E-state index in [1.54, 1.807) is 24.3 Å². The largest absolute Gasteiger partial charge is 0.456 e. The molecular weight excluding hydrogens is 356 g/mol. The Bertz CT molecular complexity index is 1010. The number of benzene rings is 2. The summed E-state index contributed by atoms with van der Waals surface area (Å²) in [5, 5.41) is 14.7. The maximum atomic E-state index is 11.3. The fraction of sp³-hybridized carbons (Fsp3) is 0.273. The zero-order valence-electron chi connectivity index (χ0n) is 15.8. The van der Waals surface area contributed by atoms with Crippen LogP contribution in [-0.2, 0) is 10.3 Å². The summed E-state index contributed by atoms with van der Waals surface area (Å²) in [4.78, 5) is 10.9. The molecule has 28 heavy (non-hydrogen) atoms. The predicted octanol–water partition coefficient (Wildman–Crippen LogP) is 6.01. The molecule has 4 rings (SSSR count). The maximum Gasteiger partial charge on any atom is 0.280 e. The highest BCUT2D eigenvalue weighted by Gasteiger charge is 2.40. The second-order valence-electron chi connectivity index (χ2n) is 6.87. The average Bonchev–Trinajstić information content (AvgIpc) is 3.23. The first-order valence-corrected chi connectivity index (χ1v) is 9.45. The second kappa shape index (κ2) is 7.13. The Hall–Kier alpha value is -3.12. The minimum absolute atomic E-state index is 0.0164. The van der Waals surface area contributed by atoms with E-state index in [4.69, 9.17) is 9.15 Å². The van der Waals surface area contributed by atoms with E-state index in [1.165, 1.54) is 6.07 Å². The van der Waals surface area contributed by atoms with Crippen molar-refractivity contribution in [1.82, 2.24) is 0 Å². The lowest BCUT2D eigenvalue weighted by Gasteiger charge is -2.42. The monoisotopic (exact) mass is 378 g/mol. The second-order valence-corrected chi connectivity index (χ2v) is 6.87. The summed E-state index contributed by atoms with van der Waals surface area (Å²) in [6.45, 7) is 4.23. The first kappa shape index (κ1) is 18.3. The molecule has 0 saturated carbocycles. The Labute approximate surface area is 163 Å². The smallest absolute Gasteiger partial charge is 0.280 e. The number of nitro groups is 1. The van der Waals surface area contributed by atoms with Gasteiger partial charge in [0.1, 0.15) is 5.76 Å². The Morgan fingerprint density at radius 3 is 2.50 bits per heavy atom. The van der Waals surface area contributed by atoms with Gasteiger partial charge in [-0.05, 0) is 37.1 Å². The van der Waals surface area contributed by atoms with Gasteiger partial charge in [0.05, 0.1) is 16.1 Å². The number of furan rings is 1. The van der Waals surface area contributed by atoms with Crippen molar-refractivity contribution >= 4 is 11.4 Å². The van der Waals surface area contributed by atoms with Crippen LogP contribution in [0.2, 0.25) is 0 Å². The molecule has 6 heteroatoms. The van der Waals surface area contributed by atoms with Gasteiger partial charge in [0, 0.05) is 17.3 Å². The molecule has 6 nitrogen and oxygen atoms in total. The van der Waals surface area contributed by atoms with Crippen molar-refractivity contribution in [3.8, 4) is 11.3 Å². The number of ether oxygens (including phenoxy) is 1.